The molecule has 9 heteroatoms. The number of amides is 1. The number of nitrogens with zero attached hydrogens (tertiary/aromatic N) is 4. The number of aromatic nitrogens is 4. The number of carbonyl (C=O) groups is 1. The molecule has 1 aliphatic carbocycles. The molecule has 1 aliphatic rings. The Morgan fingerprint density at radius 2 is 1.73 bits per heavy atom. The van der Waals surface area contributed by atoms with Gasteiger partial charge in [-0.1, -0.05) is 48.4 Å². The number of hydrogen-bond acceptors (Lipinski definition) is 7. The van der Waals surface area contributed by atoms with Crippen LogP contribution in [0.2, 0.25) is 0 Å². The molecule has 5 rings (SSSR count). The van der Waals surface area contributed by atoms with E-state index >= 15 is 0 Å². The molecule has 0 saturated heterocycles. The lowest BCUT2D eigenvalue weighted by Crippen LogP contribution is -2.45. The van der Waals surface area contributed by atoms with Gasteiger partial charge in [0, 0.05) is 19.7 Å². The van der Waals surface area contributed by atoms with E-state index in [0.717, 1.165) is 16.7 Å². The van der Waals surface area contributed by atoms with Crippen molar-refractivity contribution in [3.8, 4) is 23.0 Å². The molecule has 1 fully saturated rings. The van der Waals surface area contributed by atoms with Gasteiger partial charge in [0.2, 0.25) is 11.7 Å². The lowest BCUT2D eigenvalue weighted by atomic mass is 9.85. The SMILES string of the molecule is CNC(=O)C1(C)C[C@@H](n2cnc3c(NC)nc(C#Cc4ccc(-c5ccccc5)cc4)nc32)[C@H](O)[C@@H]1O. The third kappa shape index (κ3) is 4.31. The molecule has 1 amide bonds. The summed E-state index contributed by atoms with van der Waals surface area (Å²) >= 11 is 0. The molecule has 188 valence electrons. The Balaban J connectivity index is 1.48. The van der Waals surface area contributed by atoms with Gasteiger partial charge < -0.3 is 25.4 Å². The second-order valence-corrected chi connectivity index (χ2v) is 9.37. The predicted molar refractivity (Wildman–Crippen MR) is 141 cm³/mol. The largest absolute Gasteiger partial charge is 0.389 e. The van der Waals surface area contributed by atoms with Gasteiger partial charge in [-0.15, -0.1) is 0 Å². The maximum Gasteiger partial charge on any atom is 0.228 e. The number of rotatable bonds is 4. The summed E-state index contributed by atoms with van der Waals surface area (Å²) in [5.41, 5.74) is 2.87. The van der Waals surface area contributed by atoms with E-state index < -0.39 is 23.7 Å². The smallest absolute Gasteiger partial charge is 0.228 e. The molecule has 4 aromatic rings. The van der Waals surface area contributed by atoms with E-state index in [4.69, 9.17) is 0 Å². The van der Waals surface area contributed by atoms with Crippen LogP contribution in [-0.2, 0) is 4.79 Å². The van der Waals surface area contributed by atoms with Crippen molar-refractivity contribution in [3.05, 3.63) is 72.3 Å². The van der Waals surface area contributed by atoms with Crippen molar-refractivity contribution in [2.45, 2.75) is 31.6 Å². The summed E-state index contributed by atoms with van der Waals surface area (Å²) in [5, 5.41) is 27.2. The second-order valence-electron chi connectivity index (χ2n) is 9.37. The van der Waals surface area contributed by atoms with Crippen molar-refractivity contribution in [2.24, 2.45) is 5.41 Å². The van der Waals surface area contributed by atoms with Gasteiger partial charge in [0.15, 0.2) is 17.0 Å². The molecule has 9 nitrogen and oxygen atoms in total. The van der Waals surface area contributed by atoms with Crippen molar-refractivity contribution in [3.63, 3.8) is 0 Å². The first-order chi connectivity index (χ1) is 17.9. The van der Waals surface area contributed by atoms with Crippen molar-refractivity contribution in [1.29, 1.82) is 0 Å². The molecule has 0 bridgehead atoms. The summed E-state index contributed by atoms with van der Waals surface area (Å²) in [5.74, 6) is 6.59. The minimum atomic E-state index is -1.24. The van der Waals surface area contributed by atoms with Crippen LogP contribution in [0.3, 0.4) is 0 Å². The van der Waals surface area contributed by atoms with Gasteiger partial charge >= 0.3 is 0 Å². The molecule has 0 spiro atoms. The zero-order valence-corrected chi connectivity index (χ0v) is 20.8. The van der Waals surface area contributed by atoms with Crippen LogP contribution in [0.25, 0.3) is 22.3 Å². The lowest BCUT2D eigenvalue weighted by molar-refractivity contribution is -0.136. The molecular weight excluding hydrogens is 468 g/mol. The number of aliphatic hydroxyl groups is 2. The van der Waals surface area contributed by atoms with E-state index in [0.29, 0.717) is 17.0 Å². The first kappa shape index (κ1) is 24.4. The fourth-order valence-corrected chi connectivity index (χ4v) is 4.93. The van der Waals surface area contributed by atoms with Crippen LogP contribution >= 0.6 is 0 Å². The van der Waals surface area contributed by atoms with Crippen molar-refractivity contribution >= 4 is 22.9 Å². The Bertz CT molecular complexity index is 1510. The number of aliphatic hydroxyl groups excluding tert-OH is 2. The third-order valence-corrected chi connectivity index (χ3v) is 7.08. The molecule has 0 radical (unpaired) electrons. The number of imidazole rings is 1. The van der Waals surface area contributed by atoms with Crippen LogP contribution in [0.4, 0.5) is 5.82 Å². The van der Waals surface area contributed by atoms with Crippen molar-refractivity contribution < 1.29 is 15.0 Å². The number of anilines is 1. The molecule has 37 heavy (non-hydrogen) atoms. The standard InChI is InChI=1S/C28H28N6O3/c1-28(27(37)30-3)15-20(23(35)24(28)36)34-16-31-22-25(29-2)32-21(33-26(22)34)14-11-17-9-12-19(13-10-17)18-7-5-4-6-8-18/h4-10,12-13,16,20,23-24,35-36H,15H2,1-3H3,(H,30,37)(H,29,32,33)/t20-,23+,24+,28?/m1/s1. The first-order valence-electron chi connectivity index (χ1n) is 12.0. The monoisotopic (exact) mass is 496 g/mol. The van der Waals surface area contributed by atoms with E-state index in [1.165, 1.54) is 7.05 Å². The summed E-state index contributed by atoms with van der Waals surface area (Å²) in [6.07, 6.45) is -0.645. The average molecular weight is 497 g/mol. The molecule has 4 atom stereocenters. The number of carbonyl (C=O) groups excluding carboxylic acids is 1. The van der Waals surface area contributed by atoms with Crippen molar-refractivity contribution in [1.82, 2.24) is 24.8 Å². The lowest BCUT2D eigenvalue weighted by Gasteiger charge is -2.26. The highest BCUT2D eigenvalue weighted by atomic mass is 16.3. The number of hydrogen-bond donors (Lipinski definition) is 4. The van der Waals surface area contributed by atoms with Crippen LogP contribution in [0.15, 0.2) is 60.9 Å². The van der Waals surface area contributed by atoms with Crippen LogP contribution in [0.1, 0.15) is 30.8 Å². The number of benzene rings is 2. The number of fused-ring (bicyclic) bond motifs is 1. The Kier molecular flexibility index (Phi) is 6.38. The van der Waals surface area contributed by atoms with Gasteiger partial charge in [-0.2, -0.15) is 0 Å². The van der Waals surface area contributed by atoms with E-state index in [1.807, 2.05) is 42.5 Å². The Labute approximate surface area is 214 Å². The third-order valence-electron chi connectivity index (χ3n) is 7.08. The van der Waals surface area contributed by atoms with Gasteiger partial charge in [-0.25, -0.2) is 15.0 Å². The van der Waals surface area contributed by atoms with Gasteiger partial charge in [0.05, 0.1) is 23.9 Å². The summed E-state index contributed by atoms with van der Waals surface area (Å²) in [6.45, 7) is 1.65. The summed E-state index contributed by atoms with van der Waals surface area (Å²) in [4.78, 5) is 26.0. The maximum absolute atomic E-state index is 12.5. The Hall–Kier alpha value is -4.26. The topological polar surface area (TPSA) is 125 Å². The summed E-state index contributed by atoms with van der Waals surface area (Å²) in [6, 6.07) is 17.5. The van der Waals surface area contributed by atoms with Crippen molar-refractivity contribution in [2.75, 3.05) is 19.4 Å². The van der Waals surface area contributed by atoms with Crippen LogP contribution in [0, 0.1) is 17.3 Å². The molecule has 2 heterocycles. The van der Waals surface area contributed by atoms with E-state index in [1.54, 1.807) is 24.9 Å². The first-order valence-corrected chi connectivity index (χ1v) is 12.0. The normalized spacial score (nSPS) is 22.9. The molecule has 2 aromatic heterocycles. The molecular formula is C28H28N6O3. The summed E-state index contributed by atoms with van der Waals surface area (Å²) in [7, 11) is 3.25. The average Bonchev–Trinajstić information content (AvgIpc) is 3.46. The minimum absolute atomic E-state index is 0.216. The predicted octanol–water partition coefficient (Wildman–Crippen LogP) is 2.35. The fourth-order valence-electron chi connectivity index (χ4n) is 4.93. The molecule has 1 saturated carbocycles. The van der Waals surface area contributed by atoms with Gasteiger partial charge in [0.1, 0.15) is 6.10 Å². The zero-order chi connectivity index (χ0) is 26.2. The quantitative estimate of drug-likeness (QED) is 0.320. The maximum atomic E-state index is 12.5. The highest BCUT2D eigenvalue weighted by molar-refractivity contribution is 5.85. The van der Waals surface area contributed by atoms with Gasteiger partial charge in [0.25, 0.3) is 0 Å². The van der Waals surface area contributed by atoms with E-state index in [2.05, 4.69) is 49.6 Å². The highest BCUT2D eigenvalue weighted by Gasteiger charge is 2.54. The second kappa shape index (κ2) is 9.65. The highest BCUT2D eigenvalue weighted by Crippen LogP contribution is 2.45. The molecule has 1 unspecified atom stereocenters. The Morgan fingerprint density at radius 1 is 1.03 bits per heavy atom. The fraction of sp³-hybridized carbons (Fsp3) is 0.286. The van der Waals surface area contributed by atoms with Crippen LogP contribution in [0.5, 0.6) is 0 Å². The van der Waals surface area contributed by atoms with E-state index in [9.17, 15) is 15.0 Å². The molecule has 2 aromatic carbocycles. The Morgan fingerprint density at radius 3 is 2.41 bits per heavy atom. The number of nitrogens with one attached hydrogen (secondary N) is 2. The summed E-state index contributed by atoms with van der Waals surface area (Å²) < 4.78 is 1.69. The zero-order valence-electron chi connectivity index (χ0n) is 20.8. The van der Waals surface area contributed by atoms with E-state index in [-0.39, 0.29) is 18.2 Å². The van der Waals surface area contributed by atoms with Gasteiger partial charge in [-0.05, 0) is 42.5 Å². The van der Waals surface area contributed by atoms with Gasteiger partial charge in [-0.3, -0.25) is 4.79 Å². The molecule has 4 N–H and O–H groups in total. The molecule has 0 aliphatic heterocycles. The van der Waals surface area contributed by atoms with Crippen LogP contribution < -0.4 is 10.6 Å². The van der Waals surface area contributed by atoms with Crippen LogP contribution in [-0.4, -0.2) is 61.9 Å². The minimum Gasteiger partial charge on any atom is -0.389 e.